The Morgan fingerprint density at radius 2 is 2.25 bits per heavy atom. The van der Waals surface area contributed by atoms with Crippen molar-refractivity contribution < 1.29 is 4.42 Å². The van der Waals surface area contributed by atoms with Gasteiger partial charge in [-0.25, -0.2) is 0 Å². The summed E-state index contributed by atoms with van der Waals surface area (Å²) in [5, 5.41) is 8.50. The summed E-state index contributed by atoms with van der Waals surface area (Å²) in [5.74, 6) is 3.69. The molecule has 84 valence electrons. The standard InChI is InChI=1S/C12H15N3O/c1-8-4-3-5-11-13-14-12(15(8)11)10-7-6-9(2)16-10/h6-8H,3-5H2,1-2H3. The first-order chi connectivity index (χ1) is 7.75. The summed E-state index contributed by atoms with van der Waals surface area (Å²) in [6.07, 6.45) is 3.42. The van der Waals surface area contributed by atoms with Crippen LogP contribution in [0.2, 0.25) is 0 Å². The minimum atomic E-state index is 0.471. The molecule has 16 heavy (non-hydrogen) atoms. The van der Waals surface area contributed by atoms with Gasteiger partial charge in [-0.15, -0.1) is 10.2 Å². The second-order valence-electron chi connectivity index (χ2n) is 4.46. The van der Waals surface area contributed by atoms with E-state index in [4.69, 9.17) is 4.42 Å². The predicted octanol–water partition coefficient (Wildman–Crippen LogP) is 2.74. The first-order valence-electron chi connectivity index (χ1n) is 5.76. The fourth-order valence-electron chi connectivity index (χ4n) is 2.36. The van der Waals surface area contributed by atoms with Crippen LogP contribution in [-0.4, -0.2) is 14.8 Å². The van der Waals surface area contributed by atoms with E-state index in [1.807, 2.05) is 19.1 Å². The van der Waals surface area contributed by atoms with Gasteiger partial charge in [0.1, 0.15) is 11.6 Å². The Hall–Kier alpha value is -1.58. The fraction of sp³-hybridized carbons (Fsp3) is 0.500. The normalized spacial score (nSPS) is 19.8. The summed E-state index contributed by atoms with van der Waals surface area (Å²) in [6.45, 7) is 4.16. The molecule has 0 saturated heterocycles. The average molecular weight is 217 g/mol. The number of aromatic nitrogens is 3. The van der Waals surface area contributed by atoms with Crippen molar-refractivity contribution in [3.8, 4) is 11.6 Å². The van der Waals surface area contributed by atoms with E-state index in [0.717, 1.165) is 29.6 Å². The summed E-state index contributed by atoms with van der Waals surface area (Å²) in [4.78, 5) is 0. The van der Waals surface area contributed by atoms with Crippen LogP contribution in [0.15, 0.2) is 16.5 Å². The van der Waals surface area contributed by atoms with Crippen LogP contribution < -0.4 is 0 Å². The number of aryl methyl sites for hydroxylation is 2. The summed E-state index contributed by atoms with van der Waals surface area (Å²) in [7, 11) is 0. The van der Waals surface area contributed by atoms with Gasteiger partial charge in [-0.2, -0.15) is 0 Å². The molecule has 0 N–H and O–H groups in total. The lowest BCUT2D eigenvalue weighted by Crippen LogP contribution is -2.16. The van der Waals surface area contributed by atoms with Gasteiger partial charge in [0, 0.05) is 12.5 Å². The van der Waals surface area contributed by atoms with Gasteiger partial charge in [-0.05, 0) is 38.8 Å². The molecule has 1 aliphatic heterocycles. The number of fused-ring (bicyclic) bond motifs is 1. The number of nitrogens with zero attached hydrogens (tertiary/aromatic N) is 3. The quantitative estimate of drug-likeness (QED) is 0.737. The van der Waals surface area contributed by atoms with Crippen molar-refractivity contribution in [3.63, 3.8) is 0 Å². The highest BCUT2D eigenvalue weighted by Gasteiger charge is 2.23. The maximum atomic E-state index is 5.62. The molecule has 0 bridgehead atoms. The Labute approximate surface area is 94.3 Å². The number of hydrogen-bond donors (Lipinski definition) is 0. The van der Waals surface area contributed by atoms with E-state index >= 15 is 0 Å². The van der Waals surface area contributed by atoms with Crippen molar-refractivity contribution in [2.75, 3.05) is 0 Å². The van der Waals surface area contributed by atoms with Gasteiger partial charge in [0.2, 0.25) is 0 Å². The molecule has 0 fully saturated rings. The second-order valence-corrected chi connectivity index (χ2v) is 4.46. The largest absolute Gasteiger partial charge is 0.458 e. The molecule has 2 aromatic rings. The Kier molecular flexibility index (Phi) is 2.09. The van der Waals surface area contributed by atoms with E-state index in [2.05, 4.69) is 21.7 Å². The Morgan fingerprint density at radius 3 is 3.00 bits per heavy atom. The van der Waals surface area contributed by atoms with Crippen LogP contribution in [0.1, 0.15) is 37.4 Å². The first-order valence-corrected chi connectivity index (χ1v) is 5.76. The second kappa shape index (κ2) is 3.47. The number of rotatable bonds is 1. The number of hydrogen-bond acceptors (Lipinski definition) is 3. The van der Waals surface area contributed by atoms with Crippen LogP contribution in [0.5, 0.6) is 0 Å². The molecular weight excluding hydrogens is 202 g/mol. The lowest BCUT2D eigenvalue weighted by atomic mass is 10.1. The molecular formula is C12H15N3O. The highest BCUT2D eigenvalue weighted by atomic mass is 16.3. The van der Waals surface area contributed by atoms with Crippen molar-refractivity contribution in [2.45, 2.75) is 39.2 Å². The summed E-state index contributed by atoms with van der Waals surface area (Å²) >= 11 is 0. The molecule has 0 spiro atoms. The Balaban J connectivity index is 2.12. The molecule has 0 aliphatic carbocycles. The highest BCUT2D eigenvalue weighted by molar-refractivity contribution is 5.48. The fourth-order valence-corrected chi connectivity index (χ4v) is 2.36. The zero-order valence-electron chi connectivity index (χ0n) is 9.60. The maximum absolute atomic E-state index is 5.62. The summed E-state index contributed by atoms with van der Waals surface area (Å²) in [5.41, 5.74) is 0. The van der Waals surface area contributed by atoms with Crippen LogP contribution >= 0.6 is 0 Å². The van der Waals surface area contributed by atoms with Crippen LogP contribution in [0.3, 0.4) is 0 Å². The zero-order valence-corrected chi connectivity index (χ0v) is 9.60. The topological polar surface area (TPSA) is 43.9 Å². The lowest BCUT2D eigenvalue weighted by Gasteiger charge is -2.21. The van der Waals surface area contributed by atoms with E-state index in [1.165, 1.54) is 12.8 Å². The van der Waals surface area contributed by atoms with Crippen molar-refractivity contribution >= 4 is 0 Å². The Morgan fingerprint density at radius 1 is 1.38 bits per heavy atom. The molecule has 3 heterocycles. The van der Waals surface area contributed by atoms with Crippen molar-refractivity contribution in [3.05, 3.63) is 23.7 Å². The van der Waals surface area contributed by atoms with Crippen LogP contribution in [0.4, 0.5) is 0 Å². The van der Waals surface area contributed by atoms with Gasteiger partial charge in [0.15, 0.2) is 11.6 Å². The van der Waals surface area contributed by atoms with Gasteiger partial charge in [0.25, 0.3) is 0 Å². The Bertz CT molecular complexity index is 512. The van der Waals surface area contributed by atoms with Crippen LogP contribution in [-0.2, 0) is 6.42 Å². The van der Waals surface area contributed by atoms with Crippen LogP contribution in [0, 0.1) is 6.92 Å². The molecule has 1 atom stereocenters. The SMILES string of the molecule is Cc1ccc(-c2nnc3n2C(C)CCC3)o1. The van der Waals surface area contributed by atoms with Crippen molar-refractivity contribution in [2.24, 2.45) is 0 Å². The smallest absolute Gasteiger partial charge is 0.200 e. The van der Waals surface area contributed by atoms with Crippen molar-refractivity contribution in [1.82, 2.24) is 14.8 Å². The summed E-state index contributed by atoms with van der Waals surface area (Å²) in [6, 6.07) is 4.40. The molecule has 2 aromatic heterocycles. The highest BCUT2D eigenvalue weighted by Crippen LogP contribution is 2.30. The van der Waals surface area contributed by atoms with E-state index in [9.17, 15) is 0 Å². The van der Waals surface area contributed by atoms with E-state index < -0.39 is 0 Å². The minimum Gasteiger partial charge on any atom is -0.458 e. The minimum absolute atomic E-state index is 0.471. The van der Waals surface area contributed by atoms with Gasteiger partial charge >= 0.3 is 0 Å². The zero-order chi connectivity index (χ0) is 11.1. The molecule has 3 rings (SSSR count). The van der Waals surface area contributed by atoms with Gasteiger partial charge in [-0.3, -0.25) is 0 Å². The van der Waals surface area contributed by atoms with Crippen LogP contribution in [0.25, 0.3) is 11.6 Å². The predicted molar refractivity (Wildman–Crippen MR) is 60.1 cm³/mol. The molecule has 1 aliphatic rings. The average Bonchev–Trinajstić information content (AvgIpc) is 2.84. The van der Waals surface area contributed by atoms with E-state index in [-0.39, 0.29) is 0 Å². The molecule has 0 amide bonds. The third-order valence-electron chi connectivity index (χ3n) is 3.19. The maximum Gasteiger partial charge on any atom is 0.200 e. The number of furan rings is 1. The van der Waals surface area contributed by atoms with Gasteiger partial charge < -0.3 is 8.98 Å². The van der Waals surface area contributed by atoms with Gasteiger partial charge in [0.05, 0.1) is 0 Å². The third-order valence-corrected chi connectivity index (χ3v) is 3.19. The lowest BCUT2D eigenvalue weighted by molar-refractivity contribution is 0.424. The van der Waals surface area contributed by atoms with E-state index in [1.54, 1.807) is 0 Å². The van der Waals surface area contributed by atoms with E-state index in [0.29, 0.717) is 6.04 Å². The van der Waals surface area contributed by atoms with Crippen molar-refractivity contribution in [1.29, 1.82) is 0 Å². The third kappa shape index (κ3) is 1.37. The van der Waals surface area contributed by atoms with Gasteiger partial charge in [-0.1, -0.05) is 0 Å². The monoisotopic (exact) mass is 217 g/mol. The molecule has 0 saturated carbocycles. The first kappa shape index (κ1) is 9.63. The molecule has 1 unspecified atom stereocenters. The molecule has 0 radical (unpaired) electrons. The summed E-state index contributed by atoms with van der Waals surface area (Å²) < 4.78 is 7.83. The molecule has 4 nitrogen and oxygen atoms in total. The molecule has 4 heteroatoms. The molecule has 0 aromatic carbocycles.